The van der Waals surface area contributed by atoms with E-state index < -0.39 is 0 Å². The highest BCUT2D eigenvalue weighted by Gasteiger charge is 2.36. The topological polar surface area (TPSA) is 56.6 Å². The van der Waals surface area contributed by atoms with E-state index in [1.807, 2.05) is 15.6 Å². The van der Waals surface area contributed by atoms with Crippen molar-refractivity contribution in [1.29, 1.82) is 0 Å². The fraction of sp³-hybridized carbons (Fsp3) is 0.789. The third kappa shape index (κ3) is 3.47. The standard InChI is InChI=1S/C19H29N3O3/c1-19(2,3)22-16(11-15(20-22)13-6-7-13)17(23)21-8-4-5-14(12-21)18-24-9-10-25-18/h11,13-14,18H,4-10,12H2,1-3H3. The van der Waals surface area contributed by atoms with Gasteiger partial charge in [-0.1, -0.05) is 0 Å². The summed E-state index contributed by atoms with van der Waals surface area (Å²) in [4.78, 5) is 15.2. The van der Waals surface area contributed by atoms with E-state index in [9.17, 15) is 4.79 Å². The van der Waals surface area contributed by atoms with Crippen LogP contribution >= 0.6 is 0 Å². The average Bonchev–Trinajstić information content (AvgIpc) is 3.12. The Kier molecular flexibility index (Phi) is 4.36. The SMILES string of the molecule is CC(C)(C)n1nc(C2CC2)cc1C(=O)N1CCCC(C2OCCO2)C1. The van der Waals surface area contributed by atoms with Crippen LogP contribution in [0.15, 0.2) is 6.07 Å². The highest BCUT2D eigenvalue weighted by molar-refractivity contribution is 5.93. The number of amides is 1. The van der Waals surface area contributed by atoms with Gasteiger partial charge in [-0.15, -0.1) is 0 Å². The molecule has 3 heterocycles. The molecule has 0 N–H and O–H groups in total. The summed E-state index contributed by atoms with van der Waals surface area (Å²) in [6, 6.07) is 2.03. The Morgan fingerprint density at radius 3 is 2.56 bits per heavy atom. The molecule has 0 bridgehead atoms. The van der Waals surface area contributed by atoms with Crippen molar-refractivity contribution in [2.24, 2.45) is 5.92 Å². The zero-order chi connectivity index (χ0) is 17.6. The zero-order valence-electron chi connectivity index (χ0n) is 15.5. The number of carbonyl (C=O) groups excluding carboxylic acids is 1. The summed E-state index contributed by atoms with van der Waals surface area (Å²) < 4.78 is 13.3. The molecule has 6 heteroatoms. The Morgan fingerprint density at radius 2 is 1.92 bits per heavy atom. The van der Waals surface area contributed by atoms with Gasteiger partial charge in [0.05, 0.1) is 24.4 Å². The maximum Gasteiger partial charge on any atom is 0.272 e. The van der Waals surface area contributed by atoms with Gasteiger partial charge in [0.2, 0.25) is 0 Å². The van der Waals surface area contributed by atoms with Gasteiger partial charge in [-0.05, 0) is 52.5 Å². The normalized spacial score (nSPS) is 25.6. The number of hydrogen-bond donors (Lipinski definition) is 0. The Bertz CT molecular complexity index is 639. The lowest BCUT2D eigenvalue weighted by atomic mass is 9.97. The van der Waals surface area contributed by atoms with Gasteiger partial charge in [0, 0.05) is 24.9 Å². The molecule has 1 aliphatic carbocycles. The van der Waals surface area contributed by atoms with Gasteiger partial charge in [0.15, 0.2) is 6.29 Å². The average molecular weight is 347 g/mol. The highest BCUT2D eigenvalue weighted by Crippen LogP contribution is 2.40. The second kappa shape index (κ2) is 6.40. The smallest absolute Gasteiger partial charge is 0.272 e. The van der Waals surface area contributed by atoms with E-state index in [-0.39, 0.29) is 23.7 Å². The summed E-state index contributed by atoms with van der Waals surface area (Å²) in [7, 11) is 0. The number of aromatic nitrogens is 2. The molecule has 25 heavy (non-hydrogen) atoms. The number of nitrogens with zero attached hydrogens (tertiary/aromatic N) is 3. The van der Waals surface area contributed by atoms with Crippen LogP contribution in [0.3, 0.4) is 0 Å². The Balaban J connectivity index is 1.55. The van der Waals surface area contributed by atoms with Crippen LogP contribution in [0, 0.1) is 5.92 Å². The van der Waals surface area contributed by atoms with Crippen LogP contribution in [-0.2, 0) is 15.0 Å². The van der Waals surface area contributed by atoms with Crippen molar-refractivity contribution in [2.45, 2.75) is 64.2 Å². The lowest BCUT2D eigenvalue weighted by Gasteiger charge is -2.35. The first-order valence-corrected chi connectivity index (χ1v) is 9.56. The Hall–Kier alpha value is -1.40. The molecule has 2 saturated heterocycles. The third-order valence-electron chi connectivity index (χ3n) is 5.36. The first-order valence-electron chi connectivity index (χ1n) is 9.56. The molecule has 1 atom stereocenters. The molecule has 1 saturated carbocycles. The Labute approximate surface area is 149 Å². The molecule has 6 nitrogen and oxygen atoms in total. The fourth-order valence-electron chi connectivity index (χ4n) is 3.87. The number of hydrogen-bond acceptors (Lipinski definition) is 4. The van der Waals surface area contributed by atoms with Crippen LogP contribution in [0.25, 0.3) is 0 Å². The van der Waals surface area contributed by atoms with Crippen LogP contribution in [-0.4, -0.2) is 53.2 Å². The molecule has 0 radical (unpaired) electrons. The minimum absolute atomic E-state index is 0.0945. The molecule has 1 unspecified atom stereocenters. The van der Waals surface area contributed by atoms with Crippen molar-refractivity contribution >= 4 is 5.91 Å². The van der Waals surface area contributed by atoms with Crippen molar-refractivity contribution < 1.29 is 14.3 Å². The van der Waals surface area contributed by atoms with Gasteiger partial charge >= 0.3 is 0 Å². The second-order valence-corrected chi connectivity index (χ2v) is 8.57. The number of piperidine rings is 1. The van der Waals surface area contributed by atoms with Crippen LogP contribution in [0.1, 0.15) is 68.6 Å². The third-order valence-corrected chi connectivity index (χ3v) is 5.36. The van der Waals surface area contributed by atoms with Gasteiger partial charge in [-0.25, -0.2) is 0 Å². The maximum absolute atomic E-state index is 13.3. The van der Waals surface area contributed by atoms with Crippen molar-refractivity contribution in [2.75, 3.05) is 26.3 Å². The van der Waals surface area contributed by atoms with Crippen LogP contribution in [0.4, 0.5) is 0 Å². The number of likely N-dealkylation sites (tertiary alicyclic amines) is 1. The number of ether oxygens (including phenoxy) is 2. The monoisotopic (exact) mass is 347 g/mol. The largest absolute Gasteiger partial charge is 0.350 e. The summed E-state index contributed by atoms with van der Waals surface area (Å²) in [5.41, 5.74) is 1.60. The second-order valence-electron chi connectivity index (χ2n) is 8.57. The summed E-state index contributed by atoms with van der Waals surface area (Å²) in [5.74, 6) is 0.913. The molecule has 0 aromatic carbocycles. The van der Waals surface area contributed by atoms with Crippen LogP contribution in [0.2, 0.25) is 0 Å². The van der Waals surface area contributed by atoms with E-state index in [1.165, 1.54) is 12.8 Å². The highest BCUT2D eigenvalue weighted by atomic mass is 16.7. The van der Waals surface area contributed by atoms with Gasteiger partial charge in [0.1, 0.15) is 5.69 Å². The summed E-state index contributed by atoms with van der Waals surface area (Å²) >= 11 is 0. The van der Waals surface area contributed by atoms with E-state index >= 15 is 0 Å². The molecule has 0 spiro atoms. The predicted molar refractivity (Wildman–Crippen MR) is 93.5 cm³/mol. The van der Waals surface area contributed by atoms with Crippen LogP contribution in [0.5, 0.6) is 0 Å². The van der Waals surface area contributed by atoms with Crippen LogP contribution < -0.4 is 0 Å². The van der Waals surface area contributed by atoms with E-state index in [4.69, 9.17) is 14.6 Å². The summed E-state index contributed by atoms with van der Waals surface area (Å²) in [6.45, 7) is 9.15. The molecule has 2 aliphatic heterocycles. The molecular weight excluding hydrogens is 318 g/mol. The lowest BCUT2D eigenvalue weighted by Crippen LogP contribution is -2.45. The number of rotatable bonds is 3. The fourth-order valence-corrected chi connectivity index (χ4v) is 3.87. The summed E-state index contributed by atoms with van der Waals surface area (Å²) in [5, 5.41) is 4.78. The minimum atomic E-state index is -0.203. The first kappa shape index (κ1) is 17.0. The van der Waals surface area contributed by atoms with Gasteiger partial charge in [-0.3, -0.25) is 9.48 Å². The molecule has 3 aliphatic rings. The maximum atomic E-state index is 13.3. The first-order chi connectivity index (χ1) is 11.9. The van der Waals surface area contributed by atoms with E-state index in [2.05, 4.69) is 20.8 Å². The van der Waals surface area contributed by atoms with E-state index in [0.717, 1.165) is 30.8 Å². The molecule has 1 aromatic heterocycles. The molecule has 138 valence electrons. The lowest BCUT2D eigenvalue weighted by molar-refractivity contribution is -0.0969. The van der Waals surface area contributed by atoms with E-state index in [1.54, 1.807) is 0 Å². The van der Waals surface area contributed by atoms with Gasteiger partial charge in [-0.2, -0.15) is 5.10 Å². The Morgan fingerprint density at radius 1 is 1.20 bits per heavy atom. The van der Waals surface area contributed by atoms with Gasteiger partial charge < -0.3 is 14.4 Å². The molecule has 3 fully saturated rings. The van der Waals surface area contributed by atoms with Crippen molar-refractivity contribution in [3.05, 3.63) is 17.5 Å². The van der Waals surface area contributed by atoms with Crippen molar-refractivity contribution in [3.63, 3.8) is 0 Å². The zero-order valence-corrected chi connectivity index (χ0v) is 15.5. The molecule has 4 rings (SSSR count). The quantitative estimate of drug-likeness (QED) is 0.844. The molecule has 1 aromatic rings. The summed E-state index contributed by atoms with van der Waals surface area (Å²) in [6.07, 6.45) is 4.29. The van der Waals surface area contributed by atoms with Crippen molar-refractivity contribution in [3.8, 4) is 0 Å². The minimum Gasteiger partial charge on any atom is -0.350 e. The predicted octanol–water partition coefficient (Wildman–Crippen LogP) is 2.74. The van der Waals surface area contributed by atoms with E-state index in [0.29, 0.717) is 25.7 Å². The molecule has 1 amide bonds. The van der Waals surface area contributed by atoms with Crippen molar-refractivity contribution in [1.82, 2.24) is 14.7 Å². The van der Waals surface area contributed by atoms with Gasteiger partial charge in [0.25, 0.3) is 5.91 Å². The molecular formula is C19H29N3O3. The number of carbonyl (C=O) groups is 1.